The Morgan fingerprint density at radius 3 is 3.12 bits per heavy atom. The molecule has 94 valence electrons. The van der Waals surface area contributed by atoms with Gasteiger partial charge in [-0.05, 0) is 6.26 Å². The van der Waals surface area contributed by atoms with Gasteiger partial charge in [-0.3, -0.25) is 0 Å². The molecule has 0 aliphatic carbocycles. The summed E-state index contributed by atoms with van der Waals surface area (Å²) < 4.78 is 0. The van der Waals surface area contributed by atoms with E-state index < -0.39 is 0 Å². The predicted molar refractivity (Wildman–Crippen MR) is 80.9 cm³/mol. The van der Waals surface area contributed by atoms with E-state index in [0.29, 0.717) is 15.6 Å². The Kier molecular flexibility index (Phi) is 5.59. The first kappa shape index (κ1) is 13.6. The lowest BCUT2D eigenvalue weighted by Crippen LogP contribution is -2.23. The van der Waals surface area contributed by atoms with Crippen LogP contribution in [0.25, 0.3) is 0 Å². The molecule has 1 unspecified atom stereocenters. The van der Waals surface area contributed by atoms with Gasteiger partial charge in [-0.2, -0.15) is 23.5 Å². The van der Waals surface area contributed by atoms with Crippen molar-refractivity contribution in [2.75, 3.05) is 35.4 Å². The smallest absolute Gasteiger partial charge is 0.190 e. The lowest BCUT2D eigenvalue weighted by Gasteiger charge is -2.21. The van der Waals surface area contributed by atoms with Gasteiger partial charge in [-0.1, -0.05) is 23.4 Å². The summed E-state index contributed by atoms with van der Waals surface area (Å²) >= 11 is 11.5. The number of hydrogen-bond donors (Lipinski definition) is 1. The summed E-state index contributed by atoms with van der Waals surface area (Å²) in [6.07, 6.45) is 1.95. The standard InChI is InChI=1S/C10H14ClN3S3/c1-15-10-13-8(11)4-9(14-10)12-5-7-6-16-2-3-17-7/h4,7H,2-3,5-6H2,1H3,(H,12,13,14). The Labute approximate surface area is 119 Å². The van der Waals surface area contributed by atoms with E-state index in [1.54, 1.807) is 6.07 Å². The quantitative estimate of drug-likeness (QED) is 0.523. The molecule has 1 fully saturated rings. The zero-order valence-electron chi connectivity index (χ0n) is 9.48. The van der Waals surface area contributed by atoms with Crippen LogP contribution in [0.2, 0.25) is 5.15 Å². The third-order valence-electron chi connectivity index (χ3n) is 2.25. The van der Waals surface area contributed by atoms with Crippen molar-refractivity contribution >= 4 is 52.7 Å². The Morgan fingerprint density at radius 2 is 2.41 bits per heavy atom. The summed E-state index contributed by atoms with van der Waals surface area (Å²) in [5.74, 6) is 4.56. The van der Waals surface area contributed by atoms with Crippen LogP contribution in [0.5, 0.6) is 0 Å². The van der Waals surface area contributed by atoms with Gasteiger partial charge in [0.15, 0.2) is 5.16 Å². The third kappa shape index (κ3) is 4.43. The molecule has 1 saturated heterocycles. The highest BCUT2D eigenvalue weighted by molar-refractivity contribution is 8.06. The second-order valence-electron chi connectivity index (χ2n) is 3.51. The molecule has 3 nitrogen and oxygen atoms in total. The SMILES string of the molecule is CSc1nc(Cl)cc(NCC2CSCCS2)n1. The molecule has 1 atom stereocenters. The van der Waals surface area contributed by atoms with E-state index in [-0.39, 0.29) is 0 Å². The van der Waals surface area contributed by atoms with Crippen LogP contribution in [0.4, 0.5) is 5.82 Å². The van der Waals surface area contributed by atoms with Crippen LogP contribution in [-0.2, 0) is 0 Å². The van der Waals surface area contributed by atoms with Crippen LogP contribution in [-0.4, -0.2) is 45.3 Å². The highest BCUT2D eigenvalue weighted by atomic mass is 35.5. The molecule has 17 heavy (non-hydrogen) atoms. The monoisotopic (exact) mass is 307 g/mol. The fraction of sp³-hybridized carbons (Fsp3) is 0.600. The van der Waals surface area contributed by atoms with E-state index in [1.807, 2.05) is 29.8 Å². The predicted octanol–water partition coefficient (Wildman–Crippen LogP) is 3.11. The molecule has 1 aliphatic rings. The van der Waals surface area contributed by atoms with E-state index in [1.165, 1.54) is 29.0 Å². The van der Waals surface area contributed by atoms with Gasteiger partial charge in [0.25, 0.3) is 0 Å². The normalized spacial score (nSPS) is 20.2. The first-order valence-electron chi connectivity index (χ1n) is 5.29. The van der Waals surface area contributed by atoms with Gasteiger partial charge >= 0.3 is 0 Å². The van der Waals surface area contributed by atoms with Crippen molar-refractivity contribution in [2.45, 2.75) is 10.4 Å². The molecule has 7 heteroatoms. The van der Waals surface area contributed by atoms with Crippen molar-refractivity contribution in [3.63, 3.8) is 0 Å². The summed E-state index contributed by atoms with van der Waals surface area (Å²) in [6.45, 7) is 0.943. The number of nitrogens with zero attached hydrogens (tertiary/aromatic N) is 2. The molecule has 1 aromatic rings. The van der Waals surface area contributed by atoms with Crippen LogP contribution < -0.4 is 5.32 Å². The number of rotatable bonds is 4. The first-order valence-corrected chi connectivity index (χ1v) is 9.10. The van der Waals surface area contributed by atoms with Crippen LogP contribution in [0.3, 0.4) is 0 Å². The topological polar surface area (TPSA) is 37.8 Å². The minimum Gasteiger partial charge on any atom is -0.369 e. The highest BCUT2D eigenvalue weighted by Crippen LogP contribution is 2.24. The summed E-state index contributed by atoms with van der Waals surface area (Å²) in [4.78, 5) is 8.49. The fourth-order valence-electron chi connectivity index (χ4n) is 1.45. The largest absolute Gasteiger partial charge is 0.369 e. The lowest BCUT2D eigenvalue weighted by molar-refractivity contribution is 0.937. The second kappa shape index (κ2) is 6.97. The molecule has 1 aromatic heterocycles. The van der Waals surface area contributed by atoms with Crippen molar-refractivity contribution in [2.24, 2.45) is 0 Å². The molecule has 2 heterocycles. The highest BCUT2D eigenvalue weighted by Gasteiger charge is 2.14. The zero-order chi connectivity index (χ0) is 12.1. The van der Waals surface area contributed by atoms with Crippen molar-refractivity contribution in [1.29, 1.82) is 0 Å². The van der Waals surface area contributed by atoms with Crippen LogP contribution in [0.1, 0.15) is 0 Å². The maximum atomic E-state index is 5.94. The number of anilines is 1. The van der Waals surface area contributed by atoms with Gasteiger partial charge in [0.05, 0.1) is 0 Å². The average molecular weight is 308 g/mol. The molecule has 1 N–H and O–H groups in total. The fourth-order valence-corrected chi connectivity index (χ4v) is 4.68. The maximum Gasteiger partial charge on any atom is 0.190 e. The Morgan fingerprint density at radius 1 is 1.53 bits per heavy atom. The van der Waals surface area contributed by atoms with E-state index in [2.05, 4.69) is 15.3 Å². The minimum absolute atomic E-state index is 0.498. The van der Waals surface area contributed by atoms with E-state index in [0.717, 1.165) is 12.4 Å². The first-order chi connectivity index (χ1) is 8.28. The zero-order valence-corrected chi connectivity index (χ0v) is 12.7. The lowest BCUT2D eigenvalue weighted by atomic mass is 10.4. The molecular formula is C10H14ClN3S3. The molecule has 0 amide bonds. The Hall–Kier alpha value is 0.220. The Bertz CT molecular complexity index is 372. The molecule has 2 rings (SSSR count). The molecule has 0 aromatic carbocycles. The molecule has 1 aliphatic heterocycles. The summed E-state index contributed by atoms with van der Waals surface area (Å²) in [6, 6.07) is 1.78. The van der Waals surface area contributed by atoms with Gasteiger partial charge < -0.3 is 5.32 Å². The van der Waals surface area contributed by atoms with Crippen molar-refractivity contribution < 1.29 is 0 Å². The van der Waals surface area contributed by atoms with Gasteiger partial charge in [0.2, 0.25) is 0 Å². The van der Waals surface area contributed by atoms with E-state index in [4.69, 9.17) is 11.6 Å². The van der Waals surface area contributed by atoms with Gasteiger partial charge in [-0.15, -0.1) is 0 Å². The molecule has 0 spiro atoms. The maximum absolute atomic E-state index is 5.94. The van der Waals surface area contributed by atoms with Crippen molar-refractivity contribution in [3.8, 4) is 0 Å². The molecule has 0 bridgehead atoms. The summed E-state index contributed by atoms with van der Waals surface area (Å²) in [5, 5.41) is 5.23. The van der Waals surface area contributed by atoms with Crippen molar-refractivity contribution in [3.05, 3.63) is 11.2 Å². The third-order valence-corrected chi connectivity index (χ3v) is 5.84. The molecular weight excluding hydrogens is 294 g/mol. The molecule has 0 radical (unpaired) electrons. The van der Waals surface area contributed by atoms with Gasteiger partial charge in [-0.25, -0.2) is 9.97 Å². The van der Waals surface area contributed by atoms with Gasteiger partial charge in [0.1, 0.15) is 11.0 Å². The van der Waals surface area contributed by atoms with Crippen LogP contribution in [0.15, 0.2) is 11.2 Å². The average Bonchev–Trinajstić information content (AvgIpc) is 2.37. The second-order valence-corrected chi connectivity index (χ2v) is 7.23. The molecule has 0 saturated carbocycles. The Balaban J connectivity index is 1.91. The van der Waals surface area contributed by atoms with Crippen LogP contribution >= 0.6 is 46.9 Å². The number of aromatic nitrogens is 2. The van der Waals surface area contributed by atoms with E-state index >= 15 is 0 Å². The summed E-state index contributed by atoms with van der Waals surface area (Å²) in [5.41, 5.74) is 0. The van der Waals surface area contributed by atoms with Gasteiger partial charge in [0, 0.05) is 35.1 Å². The number of nitrogens with one attached hydrogen (secondary N) is 1. The minimum atomic E-state index is 0.498. The number of halogens is 1. The van der Waals surface area contributed by atoms with Crippen LogP contribution in [0, 0.1) is 0 Å². The van der Waals surface area contributed by atoms with Crippen molar-refractivity contribution in [1.82, 2.24) is 9.97 Å². The number of hydrogen-bond acceptors (Lipinski definition) is 6. The van der Waals surface area contributed by atoms with E-state index in [9.17, 15) is 0 Å². The summed E-state index contributed by atoms with van der Waals surface area (Å²) in [7, 11) is 0. The number of thioether (sulfide) groups is 3.